The van der Waals surface area contributed by atoms with Crippen molar-refractivity contribution in [1.82, 2.24) is 25.2 Å². The van der Waals surface area contributed by atoms with Gasteiger partial charge < -0.3 is 20.1 Å². The lowest BCUT2D eigenvalue weighted by Crippen LogP contribution is -2.49. The molecule has 2 N–H and O–H groups in total. The molecule has 2 fully saturated rings. The van der Waals surface area contributed by atoms with Crippen LogP contribution in [0.25, 0.3) is 11.3 Å². The number of hydrogen-bond acceptors (Lipinski definition) is 6. The molecule has 0 unspecified atom stereocenters. The fourth-order valence-corrected chi connectivity index (χ4v) is 4.43. The second-order valence-corrected chi connectivity index (χ2v) is 10.1. The number of hydrogen-bond donors (Lipinski definition) is 2. The van der Waals surface area contributed by atoms with Gasteiger partial charge in [-0.2, -0.15) is 0 Å². The molecule has 4 rings (SSSR count). The van der Waals surface area contributed by atoms with E-state index in [0.717, 1.165) is 24.2 Å². The molecule has 1 aliphatic carbocycles. The summed E-state index contributed by atoms with van der Waals surface area (Å²) in [5.74, 6) is 0.302. The first-order chi connectivity index (χ1) is 15.7. The fraction of sp³-hybridized carbons (Fsp3) is 0.583. The Kier molecular flexibility index (Phi) is 6.43. The average molecular weight is 456 g/mol. The minimum atomic E-state index is -0.733. The van der Waals surface area contributed by atoms with Crippen LogP contribution < -0.4 is 10.1 Å². The van der Waals surface area contributed by atoms with E-state index >= 15 is 0 Å². The molecule has 1 aromatic heterocycles. The number of carbonyl (C=O) groups is 2. The largest absolute Gasteiger partial charge is 0.490 e. The van der Waals surface area contributed by atoms with Crippen LogP contribution >= 0.6 is 0 Å². The van der Waals surface area contributed by atoms with E-state index in [1.165, 1.54) is 18.4 Å². The topological polar surface area (TPSA) is 110 Å². The summed E-state index contributed by atoms with van der Waals surface area (Å²) >= 11 is 0. The van der Waals surface area contributed by atoms with Crippen LogP contribution in [0.15, 0.2) is 30.5 Å². The molecule has 2 heterocycles. The molecule has 2 amide bonds. The summed E-state index contributed by atoms with van der Waals surface area (Å²) in [6.07, 6.45) is 5.00. The molecule has 0 radical (unpaired) electrons. The number of nitrogens with zero attached hydrogens (tertiary/aromatic N) is 4. The summed E-state index contributed by atoms with van der Waals surface area (Å²) in [5, 5.41) is 21.3. The van der Waals surface area contributed by atoms with Crippen LogP contribution in [-0.4, -0.2) is 68.7 Å². The zero-order chi connectivity index (χ0) is 23.8. The van der Waals surface area contributed by atoms with Gasteiger partial charge in [0.15, 0.2) is 0 Å². The van der Waals surface area contributed by atoms with Crippen LogP contribution in [0, 0.1) is 5.41 Å². The van der Waals surface area contributed by atoms with E-state index in [1.807, 2.05) is 45.0 Å². The second kappa shape index (κ2) is 9.13. The molecule has 9 heteroatoms. The van der Waals surface area contributed by atoms with Crippen LogP contribution in [-0.2, 0) is 9.59 Å². The maximum absolute atomic E-state index is 13.6. The molecule has 1 saturated carbocycles. The molecule has 0 spiro atoms. The van der Waals surface area contributed by atoms with Crippen molar-refractivity contribution in [3.05, 3.63) is 30.5 Å². The van der Waals surface area contributed by atoms with Crippen LogP contribution in [0.3, 0.4) is 0 Å². The van der Waals surface area contributed by atoms with Gasteiger partial charge in [0.2, 0.25) is 11.8 Å². The fourth-order valence-electron chi connectivity index (χ4n) is 4.43. The third-order valence-electron chi connectivity index (χ3n) is 6.45. The van der Waals surface area contributed by atoms with Gasteiger partial charge in [0.25, 0.3) is 0 Å². The van der Waals surface area contributed by atoms with Crippen molar-refractivity contribution in [1.29, 1.82) is 0 Å². The molecular formula is C24H33N5O4. The molecule has 1 aromatic carbocycles. The quantitative estimate of drug-likeness (QED) is 0.691. The predicted molar refractivity (Wildman–Crippen MR) is 122 cm³/mol. The molecule has 0 bridgehead atoms. The summed E-state index contributed by atoms with van der Waals surface area (Å²) in [6.45, 7) is 5.97. The number of carbonyl (C=O) groups excluding carboxylic acids is 2. The number of aromatic nitrogens is 3. The van der Waals surface area contributed by atoms with Crippen molar-refractivity contribution in [2.75, 3.05) is 13.6 Å². The molecule has 3 atom stereocenters. The summed E-state index contributed by atoms with van der Waals surface area (Å²) < 4.78 is 7.49. The number of aliphatic hydroxyl groups excluding tert-OH is 1. The van der Waals surface area contributed by atoms with Gasteiger partial charge in [0.1, 0.15) is 23.5 Å². The number of aliphatic hydroxyl groups is 1. The Balaban J connectivity index is 1.56. The molecule has 1 saturated heterocycles. The molecule has 9 nitrogen and oxygen atoms in total. The zero-order valence-electron chi connectivity index (χ0n) is 19.7. The number of likely N-dealkylation sites (N-methyl/N-ethyl adjacent to an activating group) is 1. The van der Waals surface area contributed by atoms with E-state index in [2.05, 4.69) is 15.6 Å². The maximum atomic E-state index is 13.6. The number of ether oxygens (including phenoxy) is 1. The van der Waals surface area contributed by atoms with E-state index in [9.17, 15) is 14.7 Å². The van der Waals surface area contributed by atoms with Crippen molar-refractivity contribution in [3.63, 3.8) is 0 Å². The number of amides is 2. The number of likely N-dealkylation sites (tertiary alicyclic amines) is 1. The van der Waals surface area contributed by atoms with Gasteiger partial charge >= 0.3 is 0 Å². The minimum Gasteiger partial charge on any atom is -0.490 e. The Morgan fingerprint density at radius 1 is 1.21 bits per heavy atom. The van der Waals surface area contributed by atoms with E-state index in [0.29, 0.717) is 11.8 Å². The molecular weight excluding hydrogens is 422 g/mol. The molecule has 178 valence electrons. The molecule has 33 heavy (non-hydrogen) atoms. The highest BCUT2D eigenvalue weighted by molar-refractivity contribution is 5.90. The van der Waals surface area contributed by atoms with Crippen LogP contribution in [0.4, 0.5) is 0 Å². The van der Waals surface area contributed by atoms with Crippen molar-refractivity contribution in [2.45, 2.75) is 70.7 Å². The number of β-amino-alcohol motifs (C(OH)–C–C–N with tert-alkyl or cyclic N) is 1. The first-order valence-corrected chi connectivity index (χ1v) is 11.6. The van der Waals surface area contributed by atoms with Crippen LogP contribution in [0.5, 0.6) is 5.75 Å². The highest BCUT2D eigenvalue weighted by Crippen LogP contribution is 2.35. The van der Waals surface area contributed by atoms with Gasteiger partial charge in [-0.25, -0.2) is 4.68 Å². The summed E-state index contributed by atoms with van der Waals surface area (Å²) in [5.41, 5.74) is 1.03. The maximum Gasteiger partial charge on any atom is 0.248 e. The van der Waals surface area contributed by atoms with Crippen molar-refractivity contribution in [3.8, 4) is 17.0 Å². The smallest absolute Gasteiger partial charge is 0.248 e. The second-order valence-electron chi connectivity index (χ2n) is 10.1. The number of benzene rings is 1. The average Bonchev–Trinajstić information content (AvgIpc) is 3.36. The monoisotopic (exact) mass is 455 g/mol. The highest BCUT2D eigenvalue weighted by Gasteiger charge is 2.45. The summed E-state index contributed by atoms with van der Waals surface area (Å²) in [4.78, 5) is 27.4. The van der Waals surface area contributed by atoms with Gasteiger partial charge in [-0.05, 0) is 48.9 Å². The third-order valence-corrected chi connectivity index (χ3v) is 6.45. The summed E-state index contributed by atoms with van der Waals surface area (Å²) in [7, 11) is 1.53. The Morgan fingerprint density at radius 2 is 1.91 bits per heavy atom. The zero-order valence-corrected chi connectivity index (χ0v) is 19.7. The van der Waals surface area contributed by atoms with E-state index < -0.39 is 23.6 Å². The van der Waals surface area contributed by atoms with Crippen LogP contribution in [0.1, 0.15) is 52.5 Å². The normalized spacial score (nSPS) is 22.0. The first kappa shape index (κ1) is 23.2. The van der Waals surface area contributed by atoms with Gasteiger partial charge in [0.05, 0.1) is 18.4 Å². The highest BCUT2D eigenvalue weighted by atomic mass is 16.5. The van der Waals surface area contributed by atoms with E-state index in [1.54, 1.807) is 10.9 Å². The van der Waals surface area contributed by atoms with E-state index in [4.69, 9.17) is 4.74 Å². The van der Waals surface area contributed by atoms with Crippen molar-refractivity contribution in [2.24, 2.45) is 5.41 Å². The lowest BCUT2D eigenvalue weighted by atomic mass is 9.85. The molecule has 2 aliphatic rings. The Morgan fingerprint density at radius 3 is 2.48 bits per heavy atom. The predicted octanol–water partition coefficient (Wildman–Crippen LogP) is 2.17. The van der Waals surface area contributed by atoms with Gasteiger partial charge in [-0.1, -0.05) is 26.0 Å². The van der Waals surface area contributed by atoms with Gasteiger partial charge in [-0.3, -0.25) is 9.59 Å². The summed E-state index contributed by atoms with van der Waals surface area (Å²) in [6, 6.07) is 6.35. The standard InChI is InChI=1S/C24H33N5O4/c1-24(2,3)21(23(32)28-13-16(30)12-20(28)22(31)25-4)29-14-19(26-27-29)15-8-10-18(11-9-15)33-17-6-5-7-17/h8-11,14,16-17,20-21,30H,5-7,12-13H2,1-4H3,(H,25,31)/t16-,20+,21-/m1/s1. The Bertz CT molecular complexity index is 993. The van der Waals surface area contributed by atoms with Crippen LogP contribution in [0.2, 0.25) is 0 Å². The lowest BCUT2D eigenvalue weighted by molar-refractivity contribution is -0.144. The van der Waals surface area contributed by atoms with Gasteiger partial charge in [-0.15, -0.1) is 5.10 Å². The molecule has 2 aromatic rings. The van der Waals surface area contributed by atoms with E-state index in [-0.39, 0.29) is 24.8 Å². The first-order valence-electron chi connectivity index (χ1n) is 11.6. The number of nitrogens with one attached hydrogen (secondary N) is 1. The number of rotatable bonds is 6. The van der Waals surface area contributed by atoms with Gasteiger partial charge in [0, 0.05) is 25.6 Å². The minimum absolute atomic E-state index is 0.119. The lowest BCUT2D eigenvalue weighted by Gasteiger charge is -2.34. The Labute approximate surface area is 194 Å². The molecule has 1 aliphatic heterocycles. The Hall–Kier alpha value is -2.94. The van der Waals surface area contributed by atoms with Crippen molar-refractivity contribution >= 4 is 11.8 Å². The third kappa shape index (κ3) is 4.88. The van der Waals surface area contributed by atoms with Crippen molar-refractivity contribution < 1.29 is 19.4 Å². The SMILES string of the molecule is CNC(=O)[C@@H]1C[C@@H](O)CN1C(=O)[C@@H](n1cc(-c2ccc(OC3CCC3)cc2)nn1)C(C)(C)C.